The normalized spacial score (nSPS) is 12.3. The van der Waals surface area contributed by atoms with Crippen molar-refractivity contribution in [3.05, 3.63) is 47.5 Å². The molecule has 0 radical (unpaired) electrons. The number of carboxylic acid groups (broad SMARTS) is 1. The van der Waals surface area contributed by atoms with Crippen LogP contribution in [0.15, 0.2) is 35.4 Å². The number of thioether (sulfide) groups is 1. The third-order valence-electron chi connectivity index (χ3n) is 3.26. The van der Waals surface area contributed by atoms with Crippen molar-refractivity contribution in [1.82, 2.24) is 9.78 Å². The highest BCUT2D eigenvalue weighted by molar-refractivity contribution is 7.98. The summed E-state index contributed by atoms with van der Waals surface area (Å²) < 4.78 is 15.6. The summed E-state index contributed by atoms with van der Waals surface area (Å²) in [5.74, 6) is -0.965. The first-order chi connectivity index (χ1) is 10.0. The zero-order valence-corrected chi connectivity index (χ0v) is 12.7. The Balaban J connectivity index is 2.07. The Labute approximate surface area is 127 Å². The van der Waals surface area contributed by atoms with Crippen molar-refractivity contribution >= 4 is 17.7 Å². The third-order valence-corrected chi connectivity index (χ3v) is 4.32. The minimum absolute atomic E-state index is 0.0871. The molecule has 112 valence electrons. The standard InChI is InChI=1S/C15H17FN2O2S/c1-3-10(2)18-7-6-12(17-18)9-21-14-8-11(15(19)20)4-5-13(14)16/h4-8,10H,3,9H2,1-2H3,(H,19,20). The Morgan fingerprint density at radius 3 is 2.90 bits per heavy atom. The first-order valence-corrected chi connectivity index (χ1v) is 7.69. The molecule has 0 saturated heterocycles. The van der Waals surface area contributed by atoms with Gasteiger partial charge in [0.2, 0.25) is 0 Å². The van der Waals surface area contributed by atoms with Crippen molar-refractivity contribution in [3.63, 3.8) is 0 Å². The fourth-order valence-electron chi connectivity index (χ4n) is 1.79. The van der Waals surface area contributed by atoms with Crippen LogP contribution >= 0.6 is 11.8 Å². The van der Waals surface area contributed by atoms with Gasteiger partial charge in [-0.25, -0.2) is 9.18 Å². The van der Waals surface area contributed by atoms with E-state index in [2.05, 4.69) is 18.9 Å². The Bertz CT molecular complexity index is 642. The highest BCUT2D eigenvalue weighted by atomic mass is 32.2. The molecule has 0 fully saturated rings. The van der Waals surface area contributed by atoms with Gasteiger partial charge in [-0.15, -0.1) is 11.8 Å². The second-order valence-corrected chi connectivity index (χ2v) is 5.80. The molecule has 0 aliphatic carbocycles. The van der Waals surface area contributed by atoms with Gasteiger partial charge in [-0.1, -0.05) is 6.92 Å². The molecule has 1 unspecified atom stereocenters. The Hall–Kier alpha value is -1.82. The molecule has 0 bridgehead atoms. The van der Waals surface area contributed by atoms with E-state index in [1.165, 1.54) is 30.0 Å². The van der Waals surface area contributed by atoms with Gasteiger partial charge in [-0.05, 0) is 37.6 Å². The summed E-state index contributed by atoms with van der Waals surface area (Å²) in [6.45, 7) is 4.17. The lowest BCUT2D eigenvalue weighted by molar-refractivity contribution is 0.0696. The molecule has 2 rings (SSSR count). The molecule has 1 aromatic carbocycles. The lowest BCUT2D eigenvalue weighted by atomic mass is 10.2. The topological polar surface area (TPSA) is 55.1 Å². The summed E-state index contributed by atoms with van der Waals surface area (Å²) in [4.78, 5) is 11.2. The number of carboxylic acids is 1. The predicted molar refractivity (Wildman–Crippen MR) is 80.1 cm³/mol. The molecule has 1 heterocycles. The summed E-state index contributed by atoms with van der Waals surface area (Å²) in [7, 11) is 0. The first kappa shape index (κ1) is 15.6. The Morgan fingerprint density at radius 1 is 1.48 bits per heavy atom. The van der Waals surface area contributed by atoms with E-state index in [1.54, 1.807) is 0 Å². The molecule has 1 aromatic heterocycles. The molecule has 0 aliphatic rings. The zero-order chi connectivity index (χ0) is 15.4. The maximum absolute atomic E-state index is 13.7. The van der Waals surface area contributed by atoms with Crippen LogP contribution in [-0.2, 0) is 5.75 Å². The molecule has 21 heavy (non-hydrogen) atoms. The highest BCUT2D eigenvalue weighted by Crippen LogP contribution is 2.26. The molecular formula is C15H17FN2O2S. The number of carbonyl (C=O) groups is 1. The summed E-state index contributed by atoms with van der Waals surface area (Å²) >= 11 is 1.25. The van der Waals surface area contributed by atoms with Crippen molar-refractivity contribution in [3.8, 4) is 0 Å². The van der Waals surface area contributed by atoms with E-state index in [1.807, 2.05) is 16.9 Å². The van der Waals surface area contributed by atoms with Crippen molar-refractivity contribution in [2.75, 3.05) is 0 Å². The minimum atomic E-state index is -1.06. The van der Waals surface area contributed by atoms with Gasteiger partial charge >= 0.3 is 5.97 Å². The maximum Gasteiger partial charge on any atom is 0.335 e. The molecule has 1 N–H and O–H groups in total. The van der Waals surface area contributed by atoms with E-state index < -0.39 is 11.8 Å². The number of nitrogens with zero attached hydrogens (tertiary/aromatic N) is 2. The Morgan fingerprint density at radius 2 is 2.24 bits per heavy atom. The van der Waals surface area contributed by atoms with Crippen LogP contribution in [0.1, 0.15) is 42.4 Å². The molecule has 0 saturated carbocycles. The van der Waals surface area contributed by atoms with E-state index in [4.69, 9.17) is 5.11 Å². The van der Waals surface area contributed by atoms with Gasteiger partial charge in [-0.2, -0.15) is 5.10 Å². The van der Waals surface area contributed by atoms with Crippen molar-refractivity contribution < 1.29 is 14.3 Å². The zero-order valence-electron chi connectivity index (χ0n) is 11.9. The van der Waals surface area contributed by atoms with Gasteiger partial charge in [0.15, 0.2) is 0 Å². The molecule has 1 atom stereocenters. The first-order valence-electron chi connectivity index (χ1n) is 6.71. The molecule has 2 aromatic rings. The van der Waals surface area contributed by atoms with E-state index in [0.29, 0.717) is 16.7 Å². The van der Waals surface area contributed by atoms with Gasteiger partial charge in [0.1, 0.15) is 5.82 Å². The van der Waals surface area contributed by atoms with Crippen LogP contribution in [-0.4, -0.2) is 20.9 Å². The molecular weight excluding hydrogens is 291 g/mol. The number of benzene rings is 1. The summed E-state index contributed by atoms with van der Waals surface area (Å²) in [6, 6.07) is 6.03. The second kappa shape index (κ2) is 6.76. The number of rotatable bonds is 6. The van der Waals surface area contributed by atoms with Gasteiger partial charge < -0.3 is 5.11 Å². The van der Waals surface area contributed by atoms with E-state index in [9.17, 15) is 9.18 Å². The fourth-order valence-corrected chi connectivity index (χ4v) is 2.66. The van der Waals surface area contributed by atoms with Crippen LogP contribution in [0.5, 0.6) is 0 Å². The van der Waals surface area contributed by atoms with Crippen molar-refractivity contribution in [1.29, 1.82) is 0 Å². The largest absolute Gasteiger partial charge is 0.478 e. The van der Waals surface area contributed by atoms with Crippen molar-refractivity contribution in [2.45, 2.75) is 37.0 Å². The van der Waals surface area contributed by atoms with E-state index in [0.717, 1.165) is 12.1 Å². The van der Waals surface area contributed by atoms with Gasteiger partial charge in [0.05, 0.1) is 11.3 Å². The fraction of sp³-hybridized carbons (Fsp3) is 0.333. The second-order valence-electron chi connectivity index (χ2n) is 4.78. The minimum Gasteiger partial charge on any atom is -0.478 e. The number of aromatic nitrogens is 2. The van der Waals surface area contributed by atoms with E-state index >= 15 is 0 Å². The third kappa shape index (κ3) is 3.85. The van der Waals surface area contributed by atoms with Crippen LogP contribution in [0.2, 0.25) is 0 Å². The molecule has 0 amide bonds. The quantitative estimate of drug-likeness (QED) is 0.820. The van der Waals surface area contributed by atoms with Crippen LogP contribution in [0.3, 0.4) is 0 Å². The predicted octanol–water partition coefficient (Wildman–Crippen LogP) is 3.98. The van der Waals surface area contributed by atoms with Crippen molar-refractivity contribution in [2.24, 2.45) is 0 Å². The number of aromatic carboxylic acids is 1. The average molecular weight is 308 g/mol. The van der Waals surface area contributed by atoms with Crippen LogP contribution < -0.4 is 0 Å². The lowest BCUT2D eigenvalue weighted by Crippen LogP contribution is -2.04. The number of hydrogen-bond acceptors (Lipinski definition) is 3. The van der Waals surface area contributed by atoms with Crippen LogP contribution in [0.4, 0.5) is 4.39 Å². The molecule has 6 heteroatoms. The number of halogens is 1. The lowest BCUT2D eigenvalue weighted by Gasteiger charge is -2.08. The average Bonchev–Trinajstić information content (AvgIpc) is 2.94. The smallest absolute Gasteiger partial charge is 0.335 e. The summed E-state index contributed by atoms with van der Waals surface area (Å²) in [5.41, 5.74) is 0.935. The summed E-state index contributed by atoms with van der Waals surface area (Å²) in [5, 5.41) is 13.4. The summed E-state index contributed by atoms with van der Waals surface area (Å²) in [6.07, 6.45) is 2.90. The Kier molecular flexibility index (Phi) is 5.01. The van der Waals surface area contributed by atoms with Crippen LogP contribution in [0, 0.1) is 5.82 Å². The molecule has 0 spiro atoms. The van der Waals surface area contributed by atoms with Gasteiger partial charge in [0.25, 0.3) is 0 Å². The van der Waals surface area contributed by atoms with Gasteiger partial charge in [0, 0.05) is 22.9 Å². The monoisotopic (exact) mass is 308 g/mol. The highest BCUT2D eigenvalue weighted by Gasteiger charge is 2.10. The van der Waals surface area contributed by atoms with Gasteiger partial charge in [-0.3, -0.25) is 4.68 Å². The molecule has 0 aliphatic heterocycles. The number of hydrogen-bond donors (Lipinski definition) is 1. The SMILES string of the molecule is CCC(C)n1ccc(CSc2cc(C(=O)O)ccc2F)n1. The maximum atomic E-state index is 13.7. The van der Waals surface area contributed by atoms with E-state index in [-0.39, 0.29) is 5.56 Å². The molecule has 4 nitrogen and oxygen atoms in total. The van der Waals surface area contributed by atoms with Crippen LogP contribution in [0.25, 0.3) is 0 Å².